The summed E-state index contributed by atoms with van der Waals surface area (Å²) in [6, 6.07) is 1.77. The summed E-state index contributed by atoms with van der Waals surface area (Å²) in [5.41, 5.74) is 1.49. The van der Waals surface area contributed by atoms with Crippen LogP contribution >= 0.6 is 11.8 Å². The minimum atomic E-state index is -0.169. The first-order valence-corrected chi connectivity index (χ1v) is 8.03. The van der Waals surface area contributed by atoms with E-state index < -0.39 is 0 Å². The summed E-state index contributed by atoms with van der Waals surface area (Å²) in [5, 5.41) is 3.47. The van der Waals surface area contributed by atoms with Crippen molar-refractivity contribution in [1.82, 2.24) is 15.3 Å². The zero-order valence-corrected chi connectivity index (χ0v) is 12.7. The van der Waals surface area contributed by atoms with E-state index in [0.29, 0.717) is 5.16 Å². The minimum Gasteiger partial charge on any atom is -0.355 e. The van der Waals surface area contributed by atoms with Crippen molar-refractivity contribution in [2.75, 3.05) is 6.54 Å². The molecule has 0 saturated heterocycles. The molecule has 0 fully saturated rings. The number of carbonyl (C=O) groups is 1. The number of amides is 1. The van der Waals surface area contributed by atoms with E-state index in [1.807, 2.05) is 6.92 Å². The monoisotopic (exact) mass is 291 g/mol. The van der Waals surface area contributed by atoms with Gasteiger partial charge >= 0.3 is 0 Å². The first-order chi connectivity index (χ1) is 9.75. The van der Waals surface area contributed by atoms with Crippen LogP contribution in [0.3, 0.4) is 0 Å². The summed E-state index contributed by atoms with van der Waals surface area (Å²) in [7, 11) is 0. The van der Waals surface area contributed by atoms with Crippen LogP contribution in [-0.2, 0) is 4.79 Å². The van der Waals surface area contributed by atoms with E-state index in [9.17, 15) is 4.79 Å². The molecule has 1 heterocycles. The fourth-order valence-corrected chi connectivity index (χ4v) is 2.93. The molecule has 0 spiro atoms. The normalized spacial score (nSPS) is 16.4. The van der Waals surface area contributed by atoms with Crippen molar-refractivity contribution in [2.24, 2.45) is 0 Å². The number of nitrogens with one attached hydrogen (secondary N) is 1. The lowest BCUT2D eigenvalue weighted by molar-refractivity contribution is -0.120. The maximum absolute atomic E-state index is 12.0. The Hall–Kier alpha value is -1.36. The third-order valence-corrected chi connectivity index (χ3v) is 4.31. The molecule has 1 amide bonds. The number of hydrogen-bond donors (Lipinski definition) is 1. The molecule has 0 saturated carbocycles. The number of aromatic nitrogens is 2. The highest BCUT2D eigenvalue weighted by atomic mass is 32.2. The van der Waals surface area contributed by atoms with E-state index in [1.54, 1.807) is 18.5 Å². The summed E-state index contributed by atoms with van der Waals surface area (Å²) in [5.74, 6) is 0.0545. The van der Waals surface area contributed by atoms with Gasteiger partial charge in [0, 0.05) is 18.9 Å². The van der Waals surface area contributed by atoms with Crippen LogP contribution in [0.25, 0.3) is 0 Å². The molecule has 4 nitrogen and oxygen atoms in total. The van der Waals surface area contributed by atoms with E-state index in [2.05, 4.69) is 21.4 Å². The summed E-state index contributed by atoms with van der Waals surface area (Å²) in [4.78, 5) is 20.2. The van der Waals surface area contributed by atoms with Crippen LogP contribution in [0, 0.1) is 0 Å². The van der Waals surface area contributed by atoms with Crippen LogP contribution in [0.5, 0.6) is 0 Å². The number of rotatable bonds is 6. The largest absolute Gasteiger partial charge is 0.355 e. The molecule has 20 heavy (non-hydrogen) atoms. The molecule has 2 rings (SSSR count). The van der Waals surface area contributed by atoms with E-state index in [1.165, 1.54) is 43.0 Å². The lowest BCUT2D eigenvalue weighted by Crippen LogP contribution is -2.32. The van der Waals surface area contributed by atoms with Gasteiger partial charge in [0.1, 0.15) is 0 Å². The molecule has 0 bridgehead atoms. The average Bonchev–Trinajstić information content (AvgIpc) is 2.49. The van der Waals surface area contributed by atoms with Crippen LogP contribution < -0.4 is 5.32 Å². The molecule has 0 aliphatic heterocycles. The van der Waals surface area contributed by atoms with E-state index in [4.69, 9.17) is 0 Å². The fourth-order valence-electron chi connectivity index (χ4n) is 2.18. The lowest BCUT2D eigenvalue weighted by atomic mass is 9.97. The number of thioether (sulfide) groups is 1. The predicted molar refractivity (Wildman–Crippen MR) is 81.5 cm³/mol. The lowest BCUT2D eigenvalue weighted by Gasteiger charge is -2.14. The second kappa shape index (κ2) is 8.04. The molecule has 5 heteroatoms. The Bertz CT molecular complexity index is 461. The van der Waals surface area contributed by atoms with Crippen LogP contribution in [0.1, 0.15) is 39.0 Å². The first-order valence-electron chi connectivity index (χ1n) is 7.15. The van der Waals surface area contributed by atoms with Crippen molar-refractivity contribution in [3.63, 3.8) is 0 Å². The zero-order chi connectivity index (χ0) is 14.2. The third-order valence-electron chi connectivity index (χ3n) is 3.32. The fraction of sp³-hybridized carbons (Fsp3) is 0.533. The van der Waals surface area contributed by atoms with E-state index in [0.717, 1.165) is 13.0 Å². The smallest absolute Gasteiger partial charge is 0.233 e. The molecule has 1 aromatic rings. The topological polar surface area (TPSA) is 54.9 Å². The summed E-state index contributed by atoms with van der Waals surface area (Å²) in [6.07, 6.45) is 11.7. The molecule has 108 valence electrons. The van der Waals surface area contributed by atoms with E-state index >= 15 is 0 Å². The molecule has 1 atom stereocenters. The van der Waals surface area contributed by atoms with Gasteiger partial charge in [-0.3, -0.25) is 4.79 Å². The predicted octanol–water partition coefficient (Wildman–Crippen LogP) is 2.96. The highest BCUT2D eigenvalue weighted by Crippen LogP contribution is 2.20. The number of allylic oxidation sites excluding steroid dienone is 1. The van der Waals surface area contributed by atoms with Gasteiger partial charge in [-0.2, -0.15) is 0 Å². The van der Waals surface area contributed by atoms with Crippen molar-refractivity contribution in [1.29, 1.82) is 0 Å². The van der Waals surface area contributed by atoms with Gasteiger partial charge in [0.2, 0.25) is 5.91 Å². The summed E-state index contributed by atoms with van der Waals surface area (Å²) in [6.45, 7) is 2.61. The van der Waals surface area contributed by atoms with Crippen molar-refractivity contribution < 1.29 is 4.79 Å². The van der Waals surface area contributed by atoms with Gasteiger partial charge in [-0.15, -0.1) is 0 Å². The average molecular weight is 291 g/mol. The SMILES string of the molecule is C[C@@H](Sc1ncccn1)C(=O)NCCC1=CCCCC1. The van der Waals surface area contributed by atoms with Gasteiger partial charge in [-0.1, -0.05) is 23.4 Å². The Morgan fingerprint density at radius 3 is 2.90 bits per heavy atom. The minimum absolute atomic E-state index is 0.0545. The molecule has 0 aromatic carbocycles. The Balaban J connectivity index is 1.70. The summed E-state index contributed by atoms with van der Waals surface area (Å²) < 4.78 is 0. The molecule has 1 N–H and O–H groups in total. The Kier molecular flexibility index (Phi) is 6.05. The Morgan fingerprint density at radius 2 is 2.20 bits per heavy atom. The quantitative estimate of drug-likeness (QED) is 0.497. The van der Waals surface area contributed by atoms with Gasteiger partial charge < -0.3 is 5.32 Å². The van der Waals surface area contributed by atoms with Crippen molar-refractivity contribution >= 4 is 17.7 Å². The van der Waals surface area contributed by atoms with Crippen molar-refractivity contribution in [3.8, 4) is 0 Å². The molecule has 1 aliphatic rings. The van der Waals surface area contributed by atoms with Gasteiger partial charge in [-0.05, 0) is 45.1 Å². The maximum Gasteiger partial charge on any atom is 0.233 e. The molecule has 1 aliphatic carbocycles. The standard InChI is InChI=1S/C15H21N3OS/c1-12(20-15-17-9-5-10-18-15)14(19)16-11-8-13-6-3-2-4-7-13/h5-6,9-10,12H,2-4,7-8,11H2,1H3,(H,16,19)/t12-/m1/s1. The number of hydrogen-bond acceptors (Lipinski definition) is 4. The number of carbonyl (C=O) groups excluding carboxylic acids is 1. The van der Waals surface area contributed by atoms with Gasteiger partial charge in [0.25, 0.3) is 0 Å². The van der Waals surface area contributed by atoms with Crippen LogP contribution in [-0.4, -0.2) is 27.7 Å². The molecule has 0 unspecified atom stereocenters. The van der Waals surface area contributed by atoms with Gasteiger partial charge in [-0.25, -0.2) is 9.97 Å². The van der Waals surface area contributed by atoms with Crippen LogP contribution in [0.4, 0.5) is 0 Å². The molecular formula is C15H21N3OS. The zero-order valence-electron chi connectivity index (χ0n) is 11.8. The van der Waals surface area contributed by atoms with Gasteiger partial charge in [0.15, 0.2) is 5.16 Å². The first kappa shape index (κ1) is 15.0. The van der Waals surface area contributed by atoms with Crippen molar-refractivity contribution in [2.45, 2.75) is 49.4 Å². The van der Waals surface area contributed by atoms with Gasteiger partial charge in [0.05, 0.1) is 5.25 Å². The summed E-state index contributed by atoms with van der Waals surface area (Å²) >= 11 is 1.39. The van der Waals surface area contributed by atoms with Crippen LogP contribution in [0.2, 0.25) is 0 Å². The second-order valence-electron chi connectivity index (χ2n) is 4.94. The molecule has 1 aromatic heterocycles. The Morgan fingerprint density at radius 1 is 1.40 bits per heavy atom. The van der Waals surface area contributed by atoms with Crippen LogP contribution in [0.15, 0.2) is 35.3 Å². The maximum atomic E-state index is 12.0. The third kappa shape index (κ3) is 4.96. The molecule has 0 radical (unpaired) electrons. The van der Waals surface area contributed by atoms with E-state index in [-0.39, 0.29) is 11.2 Å². The second-order valence-corrected chi connectivity index (χ2v) is 6.25. The van der Waals surface area contributed by atoms with Crippen molar-refractivity contribution in [3.05, 3.63) is 30.1 Å². The highest BCUT2D eigenvalue weighted by Gasteiger charge is 2.15. The highest BCUT2D eigenvalue weighted by molar-refractivity contribution is 8.00. The number of nitrogens with zero attached hydrogens (tertiary/aromatic N) is 2. The Labute approximate surface area is 124 Å². The molecular weight excluding hydrogens is 270 g/mol.